The lowest BCUT2D eigenvalue weighted by Gasteiger charge is -1.99. The number of rotatable bonds is 2. The molecule has 0 aliphatic heterocycles. The number of aromatic hydroxyl groups is 1. The summed E-state index contributed by atoms with van der Waals surface area (Å²) in [5.41, 5.74) is 1.92. The van der Waals surface area contributed by atoms with Crippen LogP contribution in [0.3, 0.4) is 0 Å². The Kier molecular flexibility index (Phi) is 2.93. The molecule has 1 aromatic heterocycles. The zero-order valence-electron chi connectivity index (χ0n) is 8.20. The highest BCUT2D eigenvalue weighted by Gasteiger charge is 2.10. The highest BCUT2D eigenvalue weighted by atomic mass is 35.5. The highest BCUT2D eigenvalue weighted by Crippen LogP contribution is 2.31. The summed E-state index contributed by atoms with van der Waals surface area (Å²) < 4.78 is 0.565. The van der Waals surface area contributed by atoms with Crippen molar-refractivity contribution in [2.45, 2.75) is 13.3 Å². The Hall–Kier alpha value is -1.06. The van der Waals surface area contributed by atoms with Gasteiger partial charge in [0, 0.05) is 10.4 Å². The van der Waals surface area contributed by atoms with Gasteiger partial charge < -0.3 is 5.11 Å². The van der Waals surface area contributed by atoms with Crippen LogP contribution in [-0.4, -0.2) is 10.1 Å². The molecule has 0 saturated carbocycles. The predicted molar refractivity (Wildman–Crippen MR) is 63.6 cm³/mol. The number of thiazole rings is 1. The summed E-state index contributed by atoms with van der Waals surface area (Å²) in [5, 5.41) is 9.19. The standard InChI is InChI=1S/C11H10ClNOS/c1-2-9-10(13-11(12)15-9)7-3-5-8(14)6-4-7/h3-6,14H,2H2,1H3. The Bertz CT molecular complexity index is 464. The lowest BCUT2D eigenvalue weighted by molar-refractivity contribution is 0.475. The molecule has 0 unspecified atom stereocenters. The van der Waals surface area contributed by atoms with Crippen molar-refractivity contribution in [1.82, 2.24) is 4.98 Å². The number of aromatic nitrogens is 1. The third kappa shape index (κ3) is 2.13. The van der Waals surface area contributed by atoms with Crippen LogP contribution in [0.2, 0.25) is 4.47 Å². The highest BCUT2D eigenvalue weighted by molar-refractivity contribution is 7.16. The van der Waals surface area contributed by atoms with Gasteiger partial charge in [0.1, 0.15) is 5.75 Å². The molecule has 0 aliphatic carbocycles. The molecule has 4 heteroatoms. The largest absolute Gasteiger partial charge is 0.508 e. The van der Waals surface area contributed by atoms with Gasteiger partial charge in [0.25, 0.3) is 0 Å². The molecule has 1 aromatic carbocycles. The van der Waals surface area contributed by atoms with Crippen molar-refractivity contribution in [1.29, 1.82) is 0 Å². The third-order valence-corrected chi connectivity index (χ3v) is 3.44. The maximum atomic E-state index is 9.19. The average Bonchev–Trinajstić information content (AvgIpc) is 2.61. The van der Waals surface area contributed by atoms with E-state index >= 15 is 0 Å². The third-order valence-electron chi connectivity index (χ3n) is 2.13. The number of halogens is 1. The van der Waals surface area contributed by atoms with E-state index in [1.165, 1.54) is 16.2 Å². The Labute approximate surface area is 97.2 Å². The molecule has 0 fully saturated rings. The number of aryl methyl sites for hydroxylation is 1. The minimum Gasteiger partial charge on any atom is -0.508 e. The molecule has 0 aliphatic rings. The molecule has 0 saturated heterocycles. The first-order valence-corrected chi connectivity index (χ1v) is 5.84. The van der Waals surface area contributed by atoms with Crippen LogP contribution in [-0.2, 0) is 6.42 Å². The molecule has 1 N–H and O–H groups in total. The second kappa shape index (κ2) is 4.21. The van der Waals surface area contributed by atoms with Gasteiger partial charge in [-0.25, -0.2) is 4.98 Å². The minimum absolute atomic E-state index is 0.262. The van der Waals surface area contributed by atoms with Gasteiger partial charge in [0.2, 0.25) is 0 Å². The second-order valence-corrected chi connectivity index (χ2v) is 4.80. The fourth-order valence-corrected chi connectivity index (χ4v) is 2.52. The van der Waals surface area contributed by atoms with Gasteiger partial charge in [-0.1, -0.05) is 18.5 Å². The van der Waals surface area contributed by atoms with E-state index in [1.54, 1.807) is 12.1 Å². The zero-order chi connectivity index (χ0) is 10.8. The van der Waals surface area contributed by atoms with Crippen LogP contribution in [0, 0.1) is 0 Å². The van der Waals surface area contributed by atoms with Crippen LogP contribution in [0.15, 0.2) is 24.3 Å². The fourth-order valence-electron chi connectivity index (χ4n) is 1.41. The lowest BCUT2D eigenvalue weighted by Crippen LogP contribution is -1.82. The van der Waals surface area contributed by atoms with Gasteiger partial charge in [-0.2, -0.15) is 0 Å². The van der Waals surface area contributed by atoms with Crippen molar-refractivity contribution in [2.24, 2.45) is 0 Å². The van der Waals surface area contributed by atoms with E-state index in [-0.39, 0.29) is 5.75 Å². The zero-order valence-corrected chi connectivity index (χ0v) is 9.77. The SMILES string of the molecule is CCc1sc(Cl)nc1-c1ccc(O)cc1. The fraction of sp³-hybridized carbons (Fsp3) is 0.182. The Balaban J connectivity index is 2.48. The van der Waals surface area contributed by atoms with Crippen LogP contribution in [0.4, 0.5) is 0 Å². The Morgan fingerprint density at radius 3 is 2.60 bits per heavy atom. The Morgan fingerprint density at radius 2 is 2.00 bits per heavy atom. The van der Waals surface area contributed by atoms with Crippen molar-refractivity contribution in [3.05, 3.63) is 33.6 Å². The minimum atomic E-state index is 0.262. The average molecular weight is 240 g/mol. The van der Waals surface area contributed by atoms with E-state index in [4.69, 9.17) is 11.6 Å². The van der Waals surface area contributed by atoms with Gasteiger partial charge in [0.05, 0.1) is 5.69 Å². The predicted octanol–water partition coefficient (Wildman–Crippen LogP) is 3.73. The van der Waals surface area contributed by atoms with E-state index in [1.807, 2.05) is 12.1 Å². The van der Waals surface area contributed by atoms with Gasteiger partial charge in [-0.15, -0.1) is 11.3 Å². The smallest absolute Gasteiger partial charge is 0.184 e. The Morgan fingerprint density at radius 1 is 1.33 bits per heavy atom. The van der Waals surface area contributed by atoms with E-state index in [9.17, 15) is 5.11 Å². The molecular formula is C11H10ClNOS. The second-order valence-electron chi connectivity index (χ2n) is 3.14. The van der Waals surface area contributed by atoms with Crippen LogP contribution < -0.4 is 0 Å². The molecule has 0 amide bonds. The van der Waals surface area contributed by atoms with Crippen molar-refractivity contribution >= 4 is 22.9 Å². The number of hydrogen-bond donors (Lipinski definition) is 1. The quantitative estimate of drug-likeness (QED) is 0.866. The first kappa shape index (κ1) is 10.5. The molecule has 0 atom stereocenters. The topological polar surface area (TPSA) is 33.1 Å². The van der Waals surface area contributed by atoms with E-state index in [2.05, 4.69) is 11.9 Å². The molecule has 0 radical (unpaired) electrons. The molecular weight excluding hydrogens is 230 g/mol. The molecule has 2 rings (SSSR count). The number of benzene rings is 1. The lowest BCUT2D eigenvalue weighted by atomic mass is 10.1. The van der Waals surface area contributed by atoms with Gasteiger partial charge in [-0.3, -0.25) is 0 Å². The summed E-state index contributed by atoms with van der Waals surface area (Å²) in [7, 11) is 0. The van der Waals surface area contributed by atoms with Crippen LogP contribution in [0.25, 0.3) is 11.3 Å². The summed E-state index contributed by atoms with van der Waals surface area (Å²) in [6, 6.07) is 7.00. The van der Waals surface area contributed by atoms with E-state index in [0.29, 0.717) is 4.47 Å². The molecule has 15 heavy (non-hydrogen) atoms. The number of hydrogen-bond acceptors (Lipinski definition) is 3. The van der Waals surface area contributed by atoms with Crippen LogP contribution in [0.1, 0.15) is 11.8 Å². The molecule has 0 spiro atoms. The maximum Gasteiger partial charge on any atom is 0.184 e. The van der Waals surface area contributed by atoms with Gasteiger partial charge in [0.15, 0.2) is 4.47 Å². The maximum absolute atomic E-state index is 9.19. The first-order chi connectivity index (χ1) is 7.20. The van der Waals surface area contributed by atoms with Crippen molar-refractivity contribution < 1.29 is 5.11 Å². The van der Waals surface area contributed by atoms with Crippen molar-refractivity contribution in [2.75, 3.05) is 0 Å². The summed E-state index contributed by atoms with van der Waals surface area (Å²) in [6.45, 7) is 2.08. The van der Waals surface area contributed by atoms with E-state index in [0.717, 1.165) is 17.7 Å². The number of phenolic OH excluding ortho intramolecular Hbond substituents is 1. The van der Waals surface area contributed by atoms with Gasteiger partial charge in [-0.05, 0) is 30.7 Å². The van der Waals surface area contributed by atoms with E-state index < -0.39 is 0 Å². The molecule has 0 bridgehead atoms. The summed E-state index contributed by atoms with van der Waals surface area (Å²) >= 11 is 7.39. The summed E-state index contributed by atoms with van der Waals surface area (Å²) in [4.78, 5) is 5.46. The summed E-state index contributed by atoms with van der Waals surface area (Å²) in [5.74, 6) is 0.262. The van der Waals surface area contributed by atoms with Crippen LogP contribution in [0.5, 0.6) is 5.75 Å². The summed E-state index contributed by atoms with van der Waals surface area (Å²) in [6.07, 6.45) is 0.917. The molecule has 2 nitrogen and oxygen atoms in total. The molecule has 1 heterocycles. The van der Waals surface area contributed by atoms with Crippen LogP contribution >= 0.6 is 22.9 Å². The normalized spacial score (nSPS) is 10.5. The molecule has 2 aromatic rings. The number of nitrogens with zero attached hydrogens (tertiary/aromatic N) is 1. The van der Waals surface area contributed by atoms with Crippen molar-refractivity contribution in [3.8, 4) is 17.0 Å². The van der Waals surface area contributed by atoms with Gasteiger partial charge >= 0.3 is 0 Å². The first-order valence-electron chi connectivity index (χ1n) is 4.65. The van der Waals surface area contributed by atoms with Crippen molar-refractivity contribution in [3.63, 3.8) is 0 Å². The monoisotopic (exact) mass is 239 g/mol. The number of phenols is 1. The molecule has 78 valence electrons.